The zero-order valence-corrected chi connectivity index (χ0v) is 10.4. The molecular weight excluding hydrogens is 256 g/mol. The van der Waals surface area contributed by atoms with Crippen molar-refractivity contribution in [3.8, 4) is 0 Å². The molecule has 0 aromatic heterocycles. The number of carbonyl (C=O) groups is 1. The second-order valence-electron chi connectivity index (χ2n) is 4.45. The Labute approximate surface area is 99.2 Å². The minimum absolute atomic E-state index is 0.0291. The van der Waals surface area contributed by atoms with E-state index in [-0.39, 0.29) is 11.9 Å². The van der Waals surface area contributed by atoms with Gasteiger partial charge in [0.25, 0.3) is 0 Å². The molecule has 2 rings (SSSR count). The van der Waals surface area contributed by atoms with Crippen molar-refractivity contribution in [3.05, 3.63) is 12.2 Å². The smallest absolute Gasteiger partial charge is 0.309 e. The van der Waals surface area contributed by atoms with E-state index in [0.717, 1.165) is 24.6 Å². The fourth-order valence-electron chi connectivity index (χ4n) is 2.53. The summed E-state index contributed by atoms with van der Waals surface area (Å²) in [5.41, 5.74) is 0. The SMILES string of the molecule is O=C(OCCCCBr)[C@H]1C[C@H]2C=C[C@@H]1C2. The van der Waals surface area contributed by atoms with Crippen molar-refractivity contribution < 1.29 is 9.53 Å². The summed E-state index contributed by atoms with van der Waals surface area (Å²) in [5.74, 6) is 1.30. The predicted octanol–water partition coefficient (Wildman–Crippen LogP) is 2.92. The van der Waals surface area contributed by atoms with Gasteiger partial charge in [-0.25, -0.2) is 0 Å². The second kappa shape index (κ2) is 5.15. The number of fused-ring (bicyclic) bond motifs is 2. The molecule has 0 N–H and O–H groups in total. The Morgan fingerprint density at radius 1 is 1.33 bits per heavy atom. The molecule has 0 unspecified atom stereocenters. The van der Waals surface area contributed by atoms with Crippen molar-refractivity contribution >= 4 is 21.9 Å². The average molecular weight is 273 g/mol. The van der Waals surface area contributed by atoms with Crippen molar-refractivity contribution in [2.24, 2.45) is 17.8 Å². The molecular formula is C12H17BrO2. The number of hydrogen-bond acceptors (Lipinski definition) is 2. The Bertz CT molecular complexity index is 262. The number of alkyl halides is 1. The third kappa shape index (κ3) is 2.63. The molecule has 2 bridgehead atoms. The van der Waals surface area contributed by atoms with Gasteiger partial charge in [0.05, 0.1) is 12.5 Å². The van der Waals surface area contributed by atoms with Gasteiger partial charge < -0.3 is 4.74 Å². The molecule has 1 saturated carbocycles. The number of esters is 1. The number of halogens is 1. The highest BCUT2D eigenvalue weighted by Crippen LogP contribution is 2.43. The largest absolute Gasteiger partial charge is 0.465 e. The zero-order valence-electron chi connectivity index (χ0n) is 8.82. The number of hydrogen-bond donors (Lipinski definition) is 0. The molecule has 0 aromatic rings. The van der Waals surface area contributed by atoms with Gasteiger partial charge >= 0.3 is 5.97 Å². The van der Waals surface area contributed by atoms with Crippen LogP contribution in [0.5, 0.6) is 0 Å². The number of rotatable bonds is 5. The van der Waals surface area contributed by atoms with E-state index in [9.17, 15) is 4.79 Å². The van der Waals surface area contributed by atoms with Gasteiger partial charge in [0.1, 0.15) is 0 Å². The Morgan fingerprint density at radius 3 is 2.80 bits per heavy atom. The molecule has 3 atom stereocenters. The third-order valence-corrected chi connectivity index (χ3v) is 3.91. The molecule has 0 aliphatic heterocycles. The molecule has 3 heteroatoms. The van der Waals surface area contributed by atoms with Gasteiger partial charge in [-0.1, -0.05) is 28.1 Å². The van der Waals surface area contributed by atoms with Crippen molar-refractivity contribution in [1.82, 2.24) is 0 Å². The van der Waals surface area contributed by atoms with E-state index in [0.29, 0.717) is 18.4 Å². The van der Waals surface area contributed by atoms with E-state index in [1.54, 1.807) is 0 Å². The summed E-state index contributed by atoms with van der Waals surface area (Å²) in [4.78, 5) is 11.7. The van der Waals surface area contributed by atoms with E-state index in [1.165, 1.54) is 6.42 Å². The first kappa shape index (κ1) is 11.2. The summed E-state index contributed by atoms with van der Waals surface area (Å²) in [5, 5.41) is 0.988. The van der Waals surface area contributed by atoms with Gasteiger partial charge in [-0.05, 0) is 37.5 Å². The molecule has 2 aliphatic rings. The van der Waals surface area contributed by atoms with Crippen LogP contribution in [0, 0.1) is 17.8 Å². The van der Waals surface area contributed by atoms with Crippen LogP contribution in [0.2, 0.25) is 0 Å². The fraction of sp³-hybridized carbons (Fsp3) is 0.750. The fourth-order valence-corrected chi connectivity index (χ4v) is 2.92. The highest BCUT2D eigenvalue weighted by molar-refractivity contribution is 9.09. The van der Waals surface area contributed by atoms with Crippen molar-refractivity contribution in [2.45, 2.75) is 25.7 Å². The summed E-state index contributed by atoms with van der Waals surface area (Å²) in [6.07, 6.45) is 8.66. The molecule has 0 aromatic carbocycles. The quantitative estimate of drug-likeness (QED) is 0.333. The lowest BCUT2D eigenvalue weighted by molar-refractivity contribution is -0.149. The predicted molar refractivity (Wildman–Crippen MR) is 62.8 cm³/mol. The van der Waals surface area contributed by atoms with Crippen LogP contribution in [-0.4, -0.2) is 17.9 Å². The summed E-state index contributed by atoms with van der Waals surface area (Å²) in [6, 6.07) is 0. The lowest BCUT2D eigenvalue weighted by Crippen LogP contribution is -2.22. The molecule has 0 radical (unpaired) electrons. The molecule has 0 amide bonds. The number of ether oxygens (including phenoxy) is 1. The first-order chi connectivity index (χ1) is 7.31. The Balaban J connectivity index is 1.70. The van der Waals surface area contributed by atoms with E-state index < -0.39 is 0 Å². The summed E-state index contributed by atoms with van der Waals surface area (Å²) >= 11 is 3.36. The highest BCUT2D eigenvalue weighted by Gasteiger charge is 2.40. The van der Waals surface area contributed by atoms with Gasteiger partial charge in [0.2, 0.25) is 0 Å². The molecule has 0 saturated heterocycles. The van der Waals surface area contributed by atoms with Crippen molar-refractivity contribution in [3.63, 3.8) is 0 Å². The van der Waals surface area contributed by atoms with Crippen LogP contribution in [0.3, 0.4) is 0 Å². The molecule has 0 spiro atoms. The number of carbonyl (C=O) groups excluding carboxylic acids is 1. The van der Waals surface area contributed by atoms with Crippen LogP contribution in [0.1, 0.15) is 25.7 Å². The van der Waals surface area contributed by atoms with E-state index >= 15 is 0 Å². The van der Waals surface area contributed by atoms with Gasteiger partial charge in [-0.3, -0.25) is 4.79 Å². The van der Waals surface area contributed by atoms with Crippen molar-refractivity contribution in [1.29, 1.82) is 0 Å². The topological polar surface area (TPSA) is 26.3 Å². The second-order valence-corrected chi connectivity index (χ2v) is 5.24. The Morgan fingerprint density at radius 2 is 2.20 bits per heavy atom. The van der Waals surface area contributed by atoms with E-state index in [2.05, 4.69) is 28.1 Å². The average Bonchev–Trinajstić information content (AvgIpc) is 2.85. The Kier molecular flexibility index (Phi) is 3.84. The normalized spacial score (nSPS) is 32.2. The Hall–Kier alpha value is -0.310. The number of unbranched alkanes of at least 4 members (excludes halogenated alkanes) is 1. The monoisotopic (exact) mass is 272 g/mol. The van der Waals surface area contributed by atoms with E-state index in [4.69, 9.17) is 4.74 Å². The standard InChI is InChI=1S/C12H17BrO2/c13-5-1-2-6-15-12(14)11-8-9-3-4-10(11)7-9/h3-4,9-11H,1-2,5-8H2/t9-,10+,11-/m0/s1. The summed E-state index contributed by atoms with van der Waals surface area (Å²) < 4.78 is 5.29. The first-order valence-electron chi connectivity index (χ1n) is 5.72. The van der Waals surface area contributed by atoms with Crippen LogP contribution < -0.4 is 0 Å². The molecule has 0 heterocycles. The van der Waals surface area contributed by atoms with Crippen LogP contribution in [-0.2, 0) is 9.53 Å². The van der Waals surface area contributed by atoms with Gasteiger partial charge in [-0.15, -0.1) is 0 Å². The molecule has 1 fully saturated rings. The van der Waals surface area contributed by atoms with Gasteiger partial charge in [-0.2, -0.15) is 0 Å². The molecule has 2 aliphatic carbocycles. The van der Waals surface area contributed by atoms with Gasteiger partial charge in [0.15, 0.2) is 0 Å². The maximum absolute atomic E-state index is 11.7. The third-order valence-electron chi connectivity index (χ3n) is 3.35. The van der Waals surface area contributed by atoms with Crippen LogP contribution >= 0.6 is 15.9 Å². The summed E-state index contributed by atoms with van der Waals surface area (Å²) in [7, 11) is 0. The molecule has 15 heavy (non-hydrogen) atoms. The van der Waals surface area contributed by atoms with Crippen molar-refractivity contribution in [2.75, 3.05) is 11.9 Å². The minimum atomic E-state index is 0.0291. The van der Waals surface area contributed by atoms with E-state index in [1.807, 2.05) is 0 Å². The summed E-state index contributed by atoms with van der Waals surface area (Å²) in [6.45, 7) is 0.585. The lowest BCUT2D eigenvalue weighted by Gasteiger charge is -2.16. The molecule has 2 nitrogen and oxygen atoms in total. The number of allylic oxidation sites excluding steroid dienone is 2. The highest BCUT2D eigenvalue weighted by atomic mass is 79.9. The maximum atomic E-state index is 11.7. The molecule has 84 valence electrons. The zero-order chi connectivity index (χ0) is 10.7. The van der Waals surface area contributed by atoms with Crippen LogP contribution in [0.15, 0.2) is 12.2 Å². The lowest BCUT2D eigenvalue weighted by atomic mass is 9.94. The van der Waals surface area contributed by atoms with Gasteiger partial charge in [0, 0.05) is 5.33 Å². The maximum Gasteiger partial charge on any atom is 0.309 e. The minimum Gasteiger partial charge on any atom is -0.465 e. The first-order valence-corrected chi connectivity index (χ1v) is 6.84. The van der Waals surface area contributed by atoms with Crippen LogP contribution in [0.25, 0.3) is 0 Å². The van der Waals surface area contributed by atoms with Crippen LogP contribution in [0.4, 0.5) is 0 Å².